The van der Waals surface area contributed by atoms with Gasteiger partial charge in [-0.25, -0.2) is 0 Å². The fourth-order valence-electron chi connectivity index (χ4n) is 2.93. The predicted octanol–water partition coefficient (Wildman–Crippen LogP) is 2.98. The van der Waals surface area contributed by atoms with Gasteiger partial charge >= 0.3 is 0 Å². The van der Waals surface area contributed by atoms with E-state index in [1.165, 1.54) is 32.1 Å². The van der Waals surface area contributed by atoms with Crippen molar-refractivity contribution in [2.75, 3.05) is 12.8 Å². The molecule has 1 saturated carbocycles. The molecule has 0 heterocycles. The first-order chi connectivity index (χ1) is 9.61. The van der Waals surface area contributed by atoms with Crippen LogP contribution in [-0.4, -0.2) is 19.1 Å². The Kier molecular flexibility index (Phi) is 4.88. The Morgan fingerprint density at radius 2 is 2.05 bits per heavy atom. The minimum atomic E-state index is -0.0834. The fraction of sp³-hybridized carbons (Fsp3) is 0.562. The first kappa shape index (κ1) is 14.7. The zero-order valence-electron chi connectivity index (χ0n) is 12.3. The number of methoxy groups -OCH3 is 1. The van der Waals surface area contributed by atoms with E-state index in [1.54, 1.807) is 25.3 Å². The lowest BCUT2D eigenvalue weighted by atomic mass is 9.84. The highest BCUT2D eigenvalue weighted by molar-refractivity contribution is 5.97. The molecule has 1 aromatic carbocycles. The van der Waals surface area contributed by atoms with Gasteiger partial charge in [-0.05, 0) is 37.8 Å². The van der Waals surface area contributed by atoms with Crippen LogP contribution in [-0.2, 0) is 0 Å². The van der Waals surface area contributed by atoms with Gasteiger partial charge in [0.15, 0.2) is 0 Å². The summed E-state index contributed by atoms with van der Waals surface area (Å²) in [5.74, 6) is 1.03. The Labute approximate surface area is 120 Å². The summed E-state index contributed by atoms with van der Waals surface area (Å²) in [6, 6.07) is 5.32. The Morgan fingerprint density at radius 1 is 1.35 bits per heavy atom. The van der Waals surface area contributed by atoms with Crippen LogP contribution in [0.2, 0.25) is 0 Å². The highest BCUT2D eigenvalue weighted by atomic mass is 16.5. The van der Waals surface area contributed by atoms with Gasteiger partial charge in [0.2, 0.25) is 0 Å². The van der Waals surface area contributed by atoms with Crippen LogP contribution < -0.4 is 15.8 Å². The molecule has 1 aliphatic carbocycles. The molecule has 1 amide bonds. The number of nitrogen functional groups attached to an aromatic ring is 1. The molecular formula is C16H24N2O2. The zero-order chi connectivity index (χ0) is 14.5. The second kappa shape index (κ2) is 6.64. The van der Waals surface area contributed by atoms with E-state index in [2.05, 4.69) is 12.2 Å². The SMILES string of the molecule is COc1cc(N)ccc1C(=O)N[C@@H](C)C1CCCCC1. The number of nitrogens with two attached hydrogens (primary N) is 1. The Balaban J connectivity index is 2.03. The molecule has 2 rings (SSSR count). The van der Waals surface area contributed by atoms with E-state index in [9.17, 15) is 4.79 Å². The van der Waals surface area contributed by atoms with Crippen LogP contribution in [0.1, 0.15) is 49.4 Å². The minimum Gasteiger partial charge on any atom is -0.496 e. The highest BCUT2D eigenvalue weighted by Crippen LogP contribution is 2.27. The van der Waals surface area contributed by atoms with E-state index >= 15 is 0 Å². The van der Waals surface area contributed by atoms with E-state index in [1.807, 2.05) is 0 Å². The smallest absolute Gasteiger partial charge is 0.255 e. The van der Waals surface area contributed by atoms with E-state index in [0.29, 0.717) is 22.9 Å². The monoisotopic (exact) mass is 276 g/mol. The number of ether oxygens (including phenoxy) is 1. The van der Waals surface area contributed by atoms with Crippen molar-refractivity contribution in [3.8, 4) is 5.75 Å². The van der Waals surface area contributed by atoms with Crippen molar-refractivity contribution in [2.24, 2.45) is 5.92 Å². The van der Waals surface area contributed by atoms with Crippen molar-refractivity contribution in [1.82, 2.24) is 5.32 Å². The van der Waals surface area contributed by atoms with Crippen molar-refractivity contribution >= 4 is 11.6 Å². The van der Waals surface area contributed by atoms with Gasteiger partial charge in [-0.15, -0.1) is 0 Å². The van der Waals surface area contributed by atoms with Gasteiger partial charge in [0, 0.05) is 17.8 Å². The summed E-state index contributed by atoms with van der Waals surface area (Å²) in [6.45, 7) is 2.09. The number of hydrogen-bond acceptors (Lipinski definition) is 3. The van der Waals surface area contributed by atoms with E-state index in [0.717, 1.165) is 0 Å². The van der Waals surface area contributed by atoms with Gasteiger partial charge in [-0.2, -0.15) is 0 Å². The minimum absolute atomic E-state index is 0.0834. The third-order valence-corrected chi connectivity index (χ3v) is 4.19. The van der Waals surface area contributed by atoms with Crippen LogP contribution in [0.4, 0.5) is 5.69 Å². The predicted molar refractivity (Wildman–Crippen MR) is 80.9 cm³/mol. The highest BCUT2D eigenvalue weighted by Gasteiger charge is 2.22. The van der Waals surface area contributed by atoms with Gasteiger partial charge in [0.1, 0.15) is 5.75 Å². The number of carbonyl (C=O) groups is 1. The maximum atomic E-state index is 12.4. The molecule has 0 bridgehead atoms. The standard InChI is InChI=1S/C16H24N2O2/c1-11(12-6-4-3-5-7-12)18-16(19)14-9-8-13(17)10-15(14)20-2/h8-12H,3-7,17H2,1-2H3,(H,18,19)/t11-/m0/s1. The molecule has 1 aromatic rings. The number of anilines is 1. The number of amides is 1. The summed E-state index contributed by atoms with van der Waals surface area (Å²) in [5, 5.41) is 3.10. The lowest BCUT2D eigenvalue weighted by Crippen LogP contribution is -2.39. The lowest BCUT2D eigenvalue weighted by Gasteiger charge is -2.28. The molecule has 1 fully saturated rings. The normalized spacial score (nSPS) is 17.5. The molecular weight excluding hydrogens is 252 g/mol. The van der Waals surface area contributed by atoms with Crippen LogP contribution >= 0.6 is 0 Å². The molecule has 0 spiro atoms. The molecule has 0 aliphatic heterocycles. The molecule has 0 radical (unpaired) electrons. The van der Waals surface area contributed by atoms with Crippen molar-refractivity contribution in [1.29, 1.82) is 0 Å². The van der Waals surface area contributed by atoms with Gasteiger partial charge in [-0.3, -0.25) is 4.79 Å². The summed E-state index contributed by atoms with van der Waals surface area (Å²) in [4.78, 5) is 12.4. The van der Waals surface area contributed by atoms with E-state index in [4.69, 9.17) is 10.5 Å². The molecule has 110 valence electrons. The summed E-state index contributed by atoms with van der Waals surface area (Å²) < 4.78 is 5.23. The topological polar surface area (TPSA) is 64.3 Å². The molecule has 4 heteroatoms. The third kappa shape index (κ3) is 3.44. The van der Waals surface area contributed by atoms with Gasteiger partial charge in [0.25, 0.3) is 5.91 Å². The summed E-state index contributed by atoms with van der Waals surface area (Å²) in [5.41, 5.74) is 6.85. The Morgan fingerprint density at radius 3 is 2.70 bits per heavy atom. The van der Waals surface area contributed by atoms with Crippen molar-refractivity contribution in [2.45, 2.75) is 45.1 Å². The van der Waals surface area contributed by atoms with Crippen LogP contribution in [0.5, 0.6) is 5.75 Å². The molecule has 0 unspecified atom stereocenters. The first-order valence-electron chi connectivity index (χ1n) is 7.36. The number of carbonyl (C=O) groups excluding carboxylic acids is 1. The number of nitrogens with one attached hydrogen (secondary N) is 1. The second-order valence-corrected chi connectivity index (χ2v) is 5.62. The third-order valence-electron chi connectivity index (χ3n) is 4.19. The summed E-state index contributed by atoms with van der Waals surface area (Å²) >= 11 is 0. The zero-order valence-corrected chi connectivity index (χ0v) is 12.3. The molecule has 0 saturated heterocycles. The Bertz CT molecular complexity index is 468. The lowest BCUT2D eigenvalue weighted by molar-refractivity contribution is 0.0916. The maximum absolute atomic E-state index is 12.4. The van der Waals surface area contributed by atoms with Crippen molar-refractivity contribution in [3.05, 3.63) is 23.8 Å². The quantitative estimate of drug-likeness (QED) is 0.831. The van der Waals surface area contributed by atoms with Crippen molar-refractivity contribution < 1.29 is 9.53 Å². The van der Waals surface area contributed by atoms with Crippen LogP contribution in [0.15, 0.2) is 18.2 Å². The molecule has 20 heavy (non-hydrogen) atoms. The maximum Gasteiger partial charge on any atom is 0.255 e. The van der Waals surface area contributed by atoms with Crippen LogP contribution in [0.3, 0.4) is 0 Å². The molecule has 1 atom stereocenters. The number of hydrogen-bond donors (Lipinski definition) is 2. The average molecular weight is 276 g/mol. The van der Waals surface area contributed by atoms with Crippen LogP contribution in [0, 0.1) is 5.92 Å². The largest absolute Gasteiger partial charge is 0.496 e. The van der Waals surface area contributed by atoms with Gasteiger partial charge in [-0.1, -0.05) is 19.3 Å². The average Bonchev–Trinajstić information content (AvgIpc) is 2.47. The fourth-order valence-corrected chi connectivity index (χ4v) is 2.93. The molecule has 0 aromatic heterocycles. The number of rotatable bonds is 4. The first-order valence-corrected chi connectivity index (χ1v) is 7.36. The summed E-state index contributed by atoms with van der Waals surface area (Å²) in [7, 11) is 1.55. The van der Waals surface area contributed by atoms with E-state index in [-0.39, 0.29) is 11.9 Å². The Hall–Kier alpha value is -1.71. The van der Waals surface area contributed by atoms with E-state index < -0.39 is 0 Å². The molecule has 4 nitrogen and oxygen atoms in total. The second-order valence-electron chi connectivity index (χ2n) is 5.62. The molecule has 3 N–H and O–H groups in total. The summed E-state index contributed by atoms with van der Waals surface area (Å²) in [6.07, 6.45) is 6.29. The molecule has 1 aliphatic rings. The van der Waals surface area contributed by atoms with Gasteiger partial charge in [0.05, 0.1) is 12.7 Å². The van der Waals surface area contributed by atoms with Crippen molar-refractivity contribution in [3.63, 3.8) is 0 Å². The number of benzene rings is 1. The van der Waals surface area contributed by atoms with Crippen LogP contribution in [0.25, 0.3) is 0 Å². The van der Waals surface area contributed by atoms with Gasteiger partial charge < -0.3 is 15.8 Å².